The van der Waals surface area contributed by atoms with E-state index in [0.29, 0.717) is 11.2 Å². The van der Waals surface area contributed by atoms with Gasteiger partial charge >= 0.3 is 0 Å². The van der Waals surface area contributed by atoms with E-state index in [0.717, 1.165) is 41.0 Å². The Kier molecular flexibility index (Phi) is 5.36. The Labute approximate surface area is 176 Å². The van der Waals surface area contributed by atoms with Crippen molar-refractivity contribution in [2.75, 3.05) is 5.32 Å². The fourth-order valence-corrected chi connectivity index (χ4v) is 3.71. The zero-order chi connectivity index (χ0) is 21.3. The van der Waals surface area contributed by atoms with Crippen LogP contribution in [0.1, 0.15) is 46.7 Å². The van der Waals surface area contributed by atoms with Gasteiger partial charge in [-0.1, -0.05) is 38.1 Å². The number of carbonyl (C=O) groups excluding carboxylic acids is 1. The normalized spacial score (nSPS) is 11.1. The van der Waals surface area contributed by atoms with E-state index in [1.165, 1.54) is 11.1 Å². The van der Waals surface area contributed by atoms with Crippen LogP contribution >= 0.6 is 0 Å². The Morgan fingerprint density at radius 2 is 1.70 bits per heavy atom. The van der Waals surface area contributed by atoms with Crippen molar-refractivity contribution in [1.29, 1.82) is 0 Å². The SMILES string of the molecule is CCc1ccc(-n2nc(C)c3c(C(=O)Nc4cccc(CC)c4)cc(C)nc32)cc1. The summed E-state index contributed by atoms with van der Waals surface area (Å²) >= 11 is 0. The van der Waals surface area contributed by atoms with Crippen molar-refractivity contribution >= 4 is 22.6 Å². The number of hydrogen-bond donors (Lipinski definition) is 1. The number of aryl methyl sites for hydroxylation is 4. The van der Waals surface area contributed by atoms with E-state index in [4.69, 9.17) is 10.1 Å². The van der Waals surface area contributed by atoms with Gasteiger partial charge in [-0.15, -0.1) is 0 Å². The van der Waals surface area contributed by atoms with Gasteiger partial charge in [-0.3, -0.25) is 4.79 Å². The molecule has 152 valence electrons. The van der Waals surface area contributed by atoms with E-state index in [-0.39, 0.29) is 5.91 Å². The van der Waals surface area contributed by atoms with Gasteiger partial charge in [0.2, 0.25) is 0 Å². The van der Waals surface area contributed by atoms with Crippen LogP contribution in [0.3, 0.4) is 0 Å². The zero-order valence-electron chi connectivity index (χ0n) is 17.9. The van der Waals surface area contributed by atoms with Crippen LogP contribution in [0.15, 0.2) is 54.6 Å². The number of amides is 1. The lowest BCUT2D eigenvalue weighted by Gasteiger charge is -2.09. The molecular formula is C25H26N4O. The highest BCUT2D eigenvalue weighted by Crippen LogP contribution is 2.26. The minimum absolute atomic E-state index is 0.150. The number of carbonyl (C=O) groups is 1. The molecule has 0 bridgehead atoms. The van der Waals surface area contributed by atoms with Crippen molar-refractivity contribution < 1.29 is 4.79 Å². The summed E-state index contributed by atoms with van der Waals surface area (Å²) in [5.41, 5.74) is 7.03. The fraction of sp³-hybridized carbons (Fsp3) is 0.240. The molecule has 1 amide bonds. The molecule has 2 heterocycles. The van der Waals surface area contributed by atoms with Gasteiger partial charge in [-0.25, -0.2) is 9.67 Å². The standard InChI is InChI=1S/C25H26N4O/c1-5-18-10-12-21(13-11-18)29-24-23(17(4)28-29)22(14-16(3)26-24)25(30)27-20-9-7-8-19(6-2)15-20/h7-15H,5-6H2,1-4H3,(H,27,30). The molecule has 0 saturated heterocycles. The van der Waals surface area contributed by atoms with Crippen molar-refractivity contribution in [1.82, 2.24) is 14.8 Å². The van der Waals surface area contributed by atoms with Crippen LogP contribution in [0, 0.1) is 13.8 Å². The molecule has 1 N–H and O–H groups in total. The molecule has 5 heteroatoms. The second-order valence-electron chi connectivity index (χ2n) is 7.54. The molecule has 0 aliphatic rings. The van der Waals surface area contributed by atoms with E-state index in [2.05, 4.69) is 37.4 Å². The molecular weight excluding hydrogens is 372 g/mol. The van der Waals surface area contributed by atoms with Gasteiger partial charge in [0.1, 0.15) is 0 Å². The lowest BCUT2D eigenvalue weighted by atomic mass is 10.1. The first-order chi connectivity index (χ1) is 14.5. The molecule has 4 rings (SSSR count). The third-order valence-corrected chi connectivity index (χ3v) is 5.37. The lowest BCUT2D eigenvalue weighted by Crippen LogP contribution is -2.13. The Hall–Kier alpha value is -3.47. The number of hydrogen-bond acceptors (Lipinski definition) is 3. The number of benzene rings is 2. The number of nitrogens with one attached hydrogen (secondary N) is 1. The highest BCUT2D eigenvalue weighted by atomic mass is 16.1. The van der Waals surface area contributed by atoms with Gasteiger partial charge in [0, 0.05) is 11.4 Å². The van der Waals surface area contributed by atoms with Crippen LogP contribution in [0.25, 0.3) is 16.7 Å². The second-order valence-corrected chi connectivity index (χ2v) is 7.54. The molecule has 4 aromatic rings. The molecule has 0 atom stereocenters. The van der Waals surface area contributed by atoms with E-state index in [9.17, 15) is 4.79 Å². The van der Waals surface area contributed by atoms with E-state index < -0.39 is 0 Å². The smallest absolute Gasteiger partial charge is 0.256 e. The van der Waals surface area contributed by atoms with Crippen LogP contribution in [-0.4, -0.2) is 20.7 Å². The van der Waals surface area contributed by atoms with Gasteiger partial charge in [-0.2, -0.15) is 5.10 Å². The van der Waals surface area contributed by atoms with Crippen LogP contribution in [-0.2, 0) is 12.8 Å². The Bertz CT molecular complexity index is 1220. The third-order valence-electron chi connectivity index (χ3n) is 5.37. The van der Waals surface area contributed by atoms with Crippen molar-refractivity contribution in [3.05, 3.63) is 82.7 Å². The summed E-state index contributed by atoms with van der Waals surface area (Å²) in [5.74, 6) is -0.150. The molecule has 0 unspecified atom stereocenters. The van der Waals surface area contributed by atoms with Gasteiger partial charge in [0.25, 0.3) is 5.91 Å². The minimum Gasteiger partial charge on any atom is -0.322 e. The predicted octanol–water partition coefficient (Wildman–Crippen LogP) is 5.41. The largest absolute Gasteiger partial charge is 0.322 e. The maximum atomic E-state index is 13.2. The van der Waals surface area contributed by atoms with Crippen molar-refractivity contribution in [2.45, 2.75) is 40.5 Å². The summed E-state index contributed by atoms with van der Waals surface area (Å²) in [6.45, 7) is 8.06. The molecule has 2 aromatic carbocycles. The lowest BCUT2D eigenvalue weighted by molar-refractivity contribution is 0.102. The number of anilines is 1. The molecule has 0 aliphatic heterocycles. The van der Waals surface area contributed by atoms with Crippen LogP contribution in [0.2, 0.25) is 0 Å². The first kappa shape index (κ1) is 19.8. The average molecular weight is 399 g/mol. The summed E-state index contributed by atoms with van der Waals surface area (Å²) in [4.78, 5) is 17.9. The number of aromatic nitrogens is 3. The highest BCUT2D eigenvalue weighted by molar-refractivity contribution is 6.12. The number of rotatable bonds is 5. The number of fused-ring (bicyclic) bond motifs is 1. The Balaban J connectivity index is 1.78. The summed E-state index contributed by atoms with van der Waals surface area (Å²) in [5, 5.41) is 8.53. The quantitative estimate of drug-likeness (QED) is 0.489. The monoisotopic (exact) mass is 398 g/mol. The minimum atomic E-state index is -0.150. The van der Waals surface area contributed by atoms with Crippen molar-refractivity contribution in [3.63, 3.8) is 0 Å². The van der Waals surface area contributed by atoms with Gasteiger partial charge in [0.05, 0.1) is 22.3 Å². The predicted molar refractivity (Wildman–Crippen MR) is 121 cm³/mol. The maximum Gasteiger partial charge on any atom is 0.256 e. The van der Waals surface area contributed by atoms with Crippen LogP contribution in [0.5, 0.6) is 0 Å². The molecule has 5 nitrogen and oxygen atoms in total. The number of pyridine rings is 1. The molecule has 2 aromatic heterocycles. The van der Waals surface area contributed by atoms with E-state index >= 15 is 0 Å². The number of nitrogens with zero attached hydrogens (tertiary/aromatic N) is 3. The van der Waals surface area contributed by atoms with Crippen molar-refractivity contribution in [3.8, 4) is 5.69 Å². The molecule has 30 heavy (non-hydrogen) atoms. The maximum absolute atomic E-state index is 13.2. The van der Waals surface area contributed by atoms with E-state index in [1.54, 1.807) is 0 Å². The highest BCUT2D eigenvalue weighted by Gasteiger charge is 2.19. The zero-order valence-corrected chi connectivity index (χ0v) is 17.9. The second kappa shape index (κ2) is 8.11. The first-order valence-corrected chi connectivity index (χ1v) is 10.4. The molecule has 0 fully saturated rings. The van der Waals surface area contributed by atoms with Crippen LogP contribution < -0.4 is 5.32 Å². The van der Waals surface area contributed by atoms with E-state index in [1.807, 2.05) is 54.9 Å². The van der Waals surface area contributed by atoms with Gasteiger partial charge < -0.3 is 5.32 Å². The summed E-state index contributed by atoms with van der Waals surface area (Å²) < 4.78 is 1.82. The molecule has 0 saturated carbocycles. The average Bonchev–Trinajstić information content (AvgIpc) is 3.09. The summed E-state index contributed by atoms with van der Waals surface area (Å²) in [6.07, 6.45) is 1.91. The van der Waals surface area contributed by atoms with Crippen LogP contribution in [0.4, 0.5) is 5.69 Å². The first-order valence-electron chi connectivity index (χ1n) is 10.4. The van der Waals surface area contributed by atoms with Gasteiger partial charge in [-0.05, 0) is 68.1 Å². The van der Waals surface area contributed by atoms with Gasteiger partial charge in [0.15, 0.2) is 5.65 Å². The third kappa shape index (κ3) is 3.71. The Morgan fingerprint density at radius 3 is 2.40 bits per heavy atom. The Morgan fingerprint density at radius 1 is 0.967 bits per heavy atom. The molecule has 0 spiro atoms. The summed E-state index contributed by atoms with van der Waals surface area (Å²) in [6, 6.07) is 18.1. The van der Waals surface area contributed by atoms with Crippen molar-refractivity contribution in [2.24, 2.45) is 0 Å². The topological polar surface area (TPSA) is 59.8 Å². The molecule has 0 radical (unpaired) electrons. The molecule has 0 aliphatic carbocycles. The fourth-order valence-electron chi connectivity index (χ4n) is 3.71. The summed E-state index contributed by atoms with van der Waals surface area (Å²) in [7, 11) is 0.